The van der Waals surface area contributed by atoms with Gasteiger partial charge in [0, 0.05) is 16.5 Å². The normalized spacial score (nSPS) is 11.0. The molecule has 0 atom stereocenters. The van der Waals surface area contributed by atoms with Gasteiger partial charge in [0.15, 0.2) is 6.61 Å². The Balaban J connectivity index is 1.75. The lowest BCUT2D eigenvalue weighted by atomic mass is 9.98. The molecule has 0 amide bonds. The summed E-state index contributed by atoms with van der Waals surface area (Å²) in [5.74, 6) is 1.69. The maximum absolute atomic E-state index is 8.68. The Bertz CT molecular complexity index is 1150. The van der Waals surface area contributed by atoms with Crippen molar-refractivity contribution in [2.75, 3.05) is 6.61 Å². The van der Waals surface area contributed by atoms with Crippen LogP contribution in [0.4, 0.5) is 0 Å². The molecule has 3 heteroatoms. The predicted octanol–water partition coefficient (Wildman–Crippen LogP) is 6.89. The smallest absolute Gasteiger partial charge is 0.174 e. The molecule has 0 aliphatic carbocycles. The number of benzene rings is 3. The van der Waals surface area contributed by atoms with E-state index in [1.807, 2.05) is 36.4 Å². The molecule has 0 N–H and O–H groups in total. The fourth-order valence-electron chi connectivity index (χ4n) is 3.70. The number of aryl methyl sites for hydroxylation is 1. The summed E-state index contributed by atoms with van der Waals surface area (Å²) >= 11 is 0. The third-order valence-electron chi connectivity index (χ3n) is 5.11. The van der Waals surface area contributed by atoms with Crippen molar-refractivity contribution in [3.8, 4) is 23.1 Å². The molecule has 0 aliphatic rings. The van der Waals surface area contributed by atoms with E-state index >= 15 is 0 Å². The van der Waals surface area contributed by atoms with Gasteiger partial charge in [-0.25, -0.2) is 0 Å². The lowest BCUT2D eigenvalue weighted by molar-refractivity contribution is 0.368. The van der Waals surface area contributed by atoms with Crippen molar-refractivity contribution in [3.63, 3.8) is 0 Å². The van der Waals surface area contributed by atoms with Crippen molar-refractivity contribution in [3.05, 3.63) is 66.2 Å². The summed E-state index contributed by atoms with van der Waals surface area (Å²) in [5.41, 5.74) is 3.35. The van der Waals surface area contributed by atoms with Crippen LogP contribution >= 0.6 is 0 Å². The van der Waals surface area contributed by atoms with E-state index in [-0.39, 0.29) is 6.61 Å². The lowest BCUT2D eigenvalue weighted by Crippen LogP contribution is -1.93. The summed E-state index contributed by atoms with van der Waals surface area (Å²) < 4.78 is 11.7. The summed E-state index contributed by atoms with van der Waals surface area (Å²) in [6, 6.07) is 22.6. The number of fused-ring (bicyclic) bond motifs is 2. The molecular formula is C25H23NO2. The molecule has 140 valence electrons. The van der Waals surface area contributed by atoms with Gasteiger partial charge in [0.2, 0.25) is 0 Å². The van der Waals surface area contributed by atoms with Crippen LogP contribution in [0.1, 0.15) is 31.7 Å². The summed E-state index contributed by atoms with van der Waals surface area (Å²) in [4.78, 5) is 0. The van der Waals surface area contributed by atoms with Crippen LogP contribution in [0.3, 0.4) is 0 Å². The van der Waals surface area contributed by atoms with Crippen LogP contribution in [0.15, 0.2) is 65.1 Å². The van der Waals surface area contributed by atoms with E-state index < -0.39 is 0 Å². The third kappa shape index (κ3) is 3.59. The number of rotatable bonds is 7. The summed E-state index contributed by atoms with van der Waals surface area (Å²) in [6.45, 7) is 2.29. The van der Waals surface area contributed by atoms with E-state index in [9.17, 15) is 0 Å². The Kier molecular flexibility index (Phi) is 5.30. The van der Waals surface area contributed by atoms with E-state index in [2.05, 4.69) is 37.3 Å². The Morgan fingerprint density at radius 2 is 1.79 bits per heavy atom. The Morgan fingerprint density at radius 3 is 2.64 bits per heavy atom. The van der Waals surface area contributed by atoms with E-state index in [1.54, 1.807) is 0 Å². The maximum atomic E-state index is 8.68. The fraction of sp³-hybridized carbons (Fsp3) is 0.240. The second-order valence-corrected chi connectivity index (χ2v) is 7.03. The average Bonchev–Trinajstić information content (AvgIpc) is 3.10. The zero-order chi connectivity index (χ0) is 19.3. The van der Waals surface area contributed by atoms with Crippen LogP contribution in [0.5, 0.6) is 5.75 Å². The second kappa shape index (κ2) is 8.19. The molecule has 1 heterocycles. The van der Waals surface area contributed by atoms with Crippen molar-refractivity contribution >= 4 is 21.7 Å². The summed E-state index contributed by atoms with van der Waals surface area (Å²) in [6.07, 6.45) is 4.62. The zero-order valence-electron chi connectivity index (χ0n) is 16.1. The number of ether oxygens (including phenoxy) is 1. The van der Waals surface area contributed by atoms with E-state index in [1.165, 1.54) is 30.2 Å². The SMILES string of the molecule is CCCCCc1c(-c2ccc3cc(OCC#N)ccc3c2)oc2ccccc12. The first-order chi connectivity index (χ1) is 13.8. The highest BCUT2D eigenvalue weighted by Crippen LogP contribution is 2.36. The number of furan rings is 1. The van der Waals surface area contributed by atoms with Crippen molar-refractivity contribution in [2.45, 2.75) is 32.6 Å². The molecule has 3 aromatic carbocycles. The van der Waals surface area contributed by atoms with Gasteiger partial charge >= 0.3 is 0 Å². The molecule has 0 radical (unpaired) electrons. The summed E-state index contributed by atoms with van der Waals surface area (Å²) in [7, 11) is 0. The molecule has 1 aromatic heterocycles. The van der Waals surface area contributed by atoms with Gasteiger partial charge in [0.25, 0.3) is 0 Å². The van der Waals surface area contributed by atoms with Crippen molar-refractivity contribution in [1.82, 2.24) is 0 Å². The molecule has 28 heavy (non-hydrogen) atoms. The molecule has 0 aliphatic heterocycles. The van der Waals surface area contributed by atoms with Gasteiger partial charge in [0.1, 0.15) is 23.2 Å². The Labute approximate surface area is 165 Å². The zero-order valence-corrected chi connectivity index (χ0v) is 16.1. The van der Waals surface area contributed by atoms with Crippen LogP contribution in [-0.2, 0) is 6.42 Å². The number of hydrogen-bond acceptors (Lipinski definition) is 3. The number of unbranched alkanes of at least 4 members (excludes halogenated alkanes) is 2. The monoisotopic (exact) mass is 369 g/mol. The Hall–Kier alpha value is -3.25. The maximum Gasteiger partial charge on any atom is 0.174 e. The molecule has 0 unspecified atom stereocenters. The molecular weight excluding hydrogens is 346 g/mol. The molecule has 0 saturated heterocycles. The van der Waals surface area contributed by atoms with Gasteiger partial charge in [-0.2, -0.15) is 5.26 Å². The van der Waals surface area contributed by atoms with Crippen molar-refractivity contribution in [2.24, 2.45) is 0 Å². The van der Waals surface area contributed by atoms with Gasteiger partial charge in [-0.15, -0.1) is 0 Å². The van der Waals surface area contributed by atoms with Gasteiger partial charge in [-0.1, -0.05) is 56.2 Å². The number of nitriles is 1. The first-order valence-electron chi connectivity index (χ1n) is 9.84. The molecule has 3 nitrogen and oxygen atoms in total. The number of hydrogen-bond donors (Lipinski definition) is 0. The van der Waals surface area contributed by atoms with E-state index in [0.717, 1.165) is 34.1 Å². The first kappa shape index (κ1) is 18.1. The summed E-state index contributed by atoms with van der Waals surface area (Å²) in [5, 5.41) is 12.1. The van der Waals surface area contributed by atoms with Crippen LogP contribution in [-0.4, -0.2) is 6.61 Å². The van der Waals surface area contributed by atoms with Crippen molar-refractivity contribution < 1.29 is 9.15 Å². The highest BCUT2D eigenvalue weighted by Gasteiger charge is 2.15. The van der Waals surface area contributed by atoms with E-state index in [0.29, 0.717) is 5.75 Å². The predicted molar refractivity (Wildman–Crippen MR) is 113 cm³/mol. The molecule has 0 fully saturated rings. The van der Waals surface area contributed by atoms with Crippen LogP contribution < -0.4 is 4.74 Å². The standard InChI is InChI=1S/C25H23NO2/c1-2-3-4-8-23-22-7-5-6-9-24(22)28-25(23)20-11-10-19-17-21(27-15-14-26)13-12-18(19)16-20/h5-7,9-13,16-17H,2-4,8,15H2,1H3. The largest absolute Gasteiger partial charge is 0.479 e. The quantitative estimate of drug-likeness (QED) is 0.333. The van der Waals surface area contributed by atoms with Crippen LogP contribution in [0, 0.1) is 11.3 Å². The topological polar surface area (TPSA) is 46.2 Å². The number of nitrogens with zero attached hydrogens (tertiary/aromatic N) is 1. The average molecular weight is 369 g/mol. The van der Waals surface area contributed by atoms with Gasteiger partial charge < -0.3 is 9.15 Å². The highest BCUT2D eigenvalue weighted by atomic mass is 16.5. The van der Waals surface area contributed by atoms with Gasteiger partial charge in [-0.3, -0.25) is 0 Å². The molecule has 0 spiro atoms. The molecule has 0 saturated carbocycles. The molecule has 4 rings (SSSR count). The number of para-hydroxylation sites is 1. The minimum absolute atomic E-state index is 0.0592. The van der Waals surface area contributed by atoms with E-state index in [4.69, 9.17) is 14.4 Å². The third-order valence-corrected chi connectivity index (χ3v) is 5.11. The van der Waals surface area contributed by atoms with Gasteiger partial charge in [0.05, 0.1) is 0 Å². The Morgan fingerprint density at radius 1 is 0.964 bits per heavy atom. The lowest BCUT2D eigenvalue weighted by Gasteiger charge is -2.07. The second-order valence-electron chi connectivity index (χ2n) is 7.03. The minimum atomic E-state index is 0.0592. The first-order valence-corrected chi connectivity index (χ1v) is 9.84. The van der Waals surface area contributed by atoms with Gasteiger partial charge in [-0.05, 0) is 47.9 Å². The molecule has 4 aromatic rings. The fourth-order valence-corrected chi connectivity index (χ4v) is 3.70. The van der Waals surface area contributed by atoms with Crippen molar-refractivity contribution in [1.29, 1.82) is 5.26 Å². The molecule has 0 bridgehead atoms. The highest BCUT2D eigenvalue weighted by molar-refractivity contribution is 5.92. The van der Waals surface area contributed by atoms with Crippen LogP contribution in [0.25, 0.3) is 33.1 Å². The van der Waals surface area contributed by atoms with Crippen LogP contribution in [0.2, 0.25) is 0 Å². The minimum Gasteiger partial charge on any atom is -0.479 e.